The summed E-state index contributed by atoms with van der Waals surface area (Å²) in [6, 6.07) is 25.9. The molecule has 1 heterocycles. The molecule has 318 valence electrons. The predicted octanol–water partition coefficient (Wildman–Crippen LogP) is 8.70. The van der Waals surface area contributed by atoms with E-state index in [0.717, 1.165) is 29.0 Å². The van der Waals surface area contributed by atoms with Crippen molar-refractivity contribution in [2.75, 3.05) is 13.3 Å². The van der Waals surface area contributed by atoms with Crippen LogP contribution in [0, 0.1) is 5.92 Å². The maximum absolute atomic E-state index is 14.6. The third-order valence-corrected chi connectivity index (χ3v) is 10.8. The van der Waals surface area contributed by atoms with Crippen LogP contribution in [0.3, 0.4) is 0 Å². The van der Waals surface area contributed by atoms with E-state index in [2.05, 4.69) is 10.6 Å². The summed E-state index contributed by atoms with van der Waals surface area (Å²) in [7, 11) is -3.98. The van der Waals surface area contributed by atoms with Crippen LogP contribution in [-0.2, 0) is 46.0 Å². The lowest BCUT2D eigenvalue weighted by Crippen LogP contribution is -2.49. The van der Waals surface area contributed by atoms with E-state index < -0.39 is 43.1 Å². The molecular formula is C44H56N3O11P. The van der Waals surface area contributed by atoms with Crippen LogP contribution in [0.1, 0.15) is 95.3 Å². The molecule has 0 bridgehead atoms. The summed E-state index contributed by atoms with van der Waals surface area (Å²) in [6.45, 7) is 10.7. The molecule has 4 rings (SSSR count). The van der Waals surface area contributed by atoms with E-state index in [9.17, 15) is 23.7 Å². The third kappa shape index (κ3) is 14.4. The SMILES string of the molecule is CCCCC[C@@H](C(=O)NCNC(=O)c1ccc(-c2cc(OCC)cc(P(=O)(OCc3ccccc3)OCc3ccccc3)c2)o1)[C@@H](CC)N(C=O)OC(=O)OC(C)(C)C. The molecule has 0 saturated carbocycles. The molecule has 15 heteroatoms. The molecule has 3 amide bonds. The van der Waals surface area contributed by atoms with Crippen molar-refractivity contribution >= 4 is 37.3 Å². The maximum Gasteiger partial charge on any atom is 0.534 e. The topological polar surface area (TPSA) is 172 Å². The molecular weight excluding hydrogens is 777 g/mol. The van der Waals surface area contributed by atoms with Crippen molar-refractivity contribution < 1.29 is 51.5 Å². The lowest BCUT2D eigenvalue weighted by Gasteiger charge is -2.32. The standard InChI is InChI=1S/C44H56N3O11P/c1-7-10-13-22-37(38(8-2)47(31-48)58-43(51)57-44(4,5)6)41(49)45-30-46-42(50)40-24-23-39(56-40)34-25-35(53-9-3)27-36(26-34)59(52,54-28-32-18-14-11-15-19-32)55-29-33-20-16-12-17-21-33/h11-12,14-21,23-27,31,37-38H,7-10,13,22,28-30H2,1-6H3,(H,45,49)(H,46,50)/t37-,38-/m1/s1. The molecule has 0 aliphatic heterocycles. The van der Waals surface area contributed by atoms with Gasteiger partial charge >= 0.3 is 13.8 Å². The Morgan fingerprint density at radius 2 is 1.49 bits per heavy atom. The molecule has 0 spiro atoms. The minimum Gasteiger partial charge on any atom is -0.494 e. The summed E-state index contributed by atoms with van der Waals surface area (Å²) in [5.41, 5.74) is 1.22. The molecule has 59 heavy (non-hydrogen) atoms. The fourth-order valence-corrected chi connectivity index (χ4v) is 7.70. The zero-order valence-electron chi connectivity index (χ0n) is 34.6. The molecule has 0 aliphatic rings. The van der Waals surface area contributed by atoms with Crippen LogP contribution < -0.4 is 20.7 Å². The van der Waals surface area contributed by atoms with E-state index in [1.165, 1.54) is 6.07 Å². The molecule has 2 N–H and O–H groups in total. The molecule has 2 atom stereocenters. The number of rotatable bonds is 23. The van der Waals surface area contributed by atoms with Crippen molar-refractivity contribution in [3.63, 3.8) is 0 Å². The number of carbonyl (C=O) groups excluding carboxylic acids is 4. The van der Waals surface area contributed by atoms with Gasteiger partial charge in [0.2, 0.25) is 12.3 Å². The zero-order chi connectivity index (χ0) is 42.8. The number of carbonyl (C=O) groups is 4. The van der Waals surface area contributed by atoms with E-state index >= 15 is 0 Å². The Morgan fingerprint density at radius 3 is 2.05 bits per heavy atom. The summed E-state index contributed by atoms with van der Waals surface area (Å²) in [6.07, 6.45) is 2.43. The molecule has 0 saturated heterocycles. The van der Waals surface area contributed by atoms with Gasteiger partial charge in [-0.3, -0.25) is 18.9 Å². The van der Waals surface area contributed by atoms with Crippen molar-refractivity contribution in [1.82, 2.24) is 15.7 Å². The van der Waals surface area contributed by atoms with Gasteiger partial charge in [0.1, 0.15) is 17.1 Å². The fourth-order valence-electron chi connectivity index (χ4n) is 6.11. The Balaban J connectivity index is 1.50. The van der Waals surface area contributed by atoms with Gasteiger partial charge in [0.15, 0.2) is 5.76 Å². The molecule has 14 nitrogen and oxygen atoms in total. The smallest absolute Gasteiger partial charge is 0.494 e. The van der Waals surface area contributed by atoms with Crippen molar-refractivity contribution in [1.29, 1.82) is 0 Å². The van der Waals surface area contributed by atoms with Gasteiger partial charge in [0.25, 0.3) is 5.91 Å². The fraction of sp³-hybridized carbons (Fsp3) is 0.409. The second-order valence-electron chi connectivity index (χ2n) is 14.7. The molecule has 3 aromatic carbocycles. The highest BCUT2D eigenvalue weighted by atomic mass is 31.2. The number of benzene rings is 3. The number of hydroxylamine groups is 2. The Morgan fingerprint density at radius 1 is 0.847 bits per heavy atom. The normalized spacial score (nSPS) is 12.5. The summed E-state index contributed by atoms with van der Waals surface area (Å²) in [5, 5.41) is 6.43. The molecule has 0 unspecified atom stereocenters. The first-order valence-corrected chi connectivity index (χ1v) is 21.4. The number of hydrogen-bond donors (Lipinski definition) is 2. The average molecular weight is 834 g/mol. The van der Waals surface area contributed by atoms with Crippen LogP contribution in [0.4, 0.5) is 4.79 Å². The Kier molecular flexibility index (Phi) is 17.8. The first-order chi connectivity index (χ1) is 28.3. The highest BCUT2D eigenvalue weighted by molar-refractivity contribution is 7.62. The predicted molar refractivity (Wildman–Crippen MR) is 222 cm³/mol. The lowest BCUT2D eigenvalue weighted by atomic mass is 9.90. The molecule has 0 radical (unpaired) electrons. The highest BCUT2D eigenvalue weighted by Gasteiger charge is 2.35. The van der Waals surface area contributed by atoms with Crippen LogP contribution in [0.2, 0.25) is 0 Å². The van der Waals surface area contributed by atoms with Crippen molar-refractivity contribution in [2.24, 2.45) is 5.92 Å². The maximum atomic E-state index is 14.6. The summed E-state index contributed by atoms with van der Waals surface area (Å²) < 4.78 is 43.8. The van der Waals surface area contributed by atoms with Crippen LogP contribution >= 0.6 is 7.60 Å². The van der Waals surface area contributed by atoms with E-state index in [1.807, 2.05) is 74.5 Å². The highest BCUT2D eigenvalue weighted by Crippen LogP contribution is 2.50. The third-order valence-electron chi connectivity index (χ3n) is 8.97. The number of furan rings is 1. The monoisotopic (exact) mass is 833 g/mol. The summed E-state index contributed by atoms with van der Waals surface area (Å²) in [4.78, 5) is 56.5. The van der Waals surface area contributed by atoms with Crippen LogP contribution in [0.5, 0.6) is 5.75 Å². The number of unbranched alkanes of at least 4 members (excludes halogenated alkanes) is 2. The van der Waals surface area contributed by atoms with Gasteiger partial charge in [-0.25, -0.2) is 4.79 Å². The largest absolute Gasteiger partial charge is 0.534 e. The van der Waals surface area contributed by atoms with E-state index in [-0.39, 0.29) is 36.7 Å². The second kappa shape index (κ2) is 22.6. The molecule has 1 aromatic heterocycles. The van der Waals surface area contributed by atoms with Crippen molar-refractivity contribution in [2.45, 2.75) is 98.5 Å². The first-order valence-electron chi connectivity index (χ1n) is 19.8. The quantitative estimate of drug-likeness (QED) is 0.0183. The minimum atomic E-state index is -3.98. The summed E-state index contributed by atoms with van der Waals surface area (Å²) in [5.74, 6) is -1.20. The lowest BCUT2D eigenvalue weighted by molar-refractivity contribution is -0.182. The minimum absolute atomic E-state index is 0.0243. The molecule has 0 fully saturated rings. The van der Waals surface area contributed by atoms with E-state index in [4.69, 9.17) is 27.8 Å². The average Bonchev–Trinajstić information content (AvgIpc) is 3.72. The van der Waals surface area contributed by atoms with Crippen molar-refractivity contribution in [3.05, 3.63) is 108 Å². The summed E-state index contributed by atoms with van der Waals surface area (Å²) >= 11 is 0. The second-order valence-corrected chi connectivity index (χ2v) is 16.7. The number of nitrogens with one attached hydrogen (secondary N) is 2. The van der Waals surface area contributed by atoms with Gasteiger partial charge in [0, 0.05) is 5.56 Å². The Labute approximate surface area is 346 Å². The van der Waals surface area contributed by atoms with Gasteiger partial charge in [-0.1, -0.05) is 93.8 Å². The first kappa shape index (κ1) is 46.3. The van der Waals surface area contributed by atoms with Gasteiger partial charge < -0.3 is 38.4 Å². The Bertz CT molecular complexity index is 1950. The zero-order valence-corrected chi connectivity index (χ0v) is 35.5. The van der Waals surface area contributed by atoms with Crippen LogP contribution in [-0.4, -0.2) is 54.4 Å². The van der Waals surface area contributed by atoms with Gasteiger partial charge in [-0.15, -0.1) is 0 Å². The number of ether oxygens (including phenoxy) is 2. The molecule has 0 aliphatic carbocycles. The molecule has 4 aromatic rings. The van der Waals surface area contributed by atoms with Crippen LogP contribution in [0.15, 0.2) is 95.4 Å². The Hall–Kier alpha value is -5.43. The number of amides is 3. The van der Waals surface area contributed by atoms with Gasteiger partial charge in [-0.2, -0.15) is 5.06 Å². The number of nitrogens with zero attached hydrogens (tertiary/aromatic N) is 1. The van der Waals surface area contributed by atoms with Crippen molar-refractivity contribution in [3.8, 4) is 17.1 Å². The number of hydrogen-bond acceptors (Lipinski definition) is 11. The van der Waals surface area contributed by atoms with Crippen LogP contribution in [0.25, 0.3) is 11.3 Å². The van der Waals surface area contributed by atoms with E-state index in [1.54, 1.807) is 52.0 Å². The van der Waals surface area contributed by atoms with Gasteiger partial charge in [0.05, 0.1) is 43.8 Å². The van der Waals surface area contributed by atoms with Gasteiger partial charge in [-0.05, 0) is 82.0 Å². The van der Waals surface area contributed by atoms with E-state index in [0.29, 0.717) is 43.6 Å².